The summed E-state index contributed by atoms with van der Waals surface area (Å²) in [7, 11) is 0. The molecule has 0 saturated carbocycles. The van der Waals surface area contributed by atoms with Crippen molar-refractivity contribution in [3.05, 3.63) is 29.3 Å². The fourth-order valence-electron chi connectivity index (χ4n) is 1.57. The Hall–Kier alpha value is -1.35. The summed E-state index contributed by atoms with van der Waals surface area (Å²) in [6.07, 6.45) is 0.504. The molecule has 1 N–H and O–H groups in total. The number of ether oxygens (including phenoxy) is 1. The highest BCUT2D eigenvalue weighted by Gasteiger charge is 2.16. The lowest BCUT2D eigenvalue weighted by molar-refractivity contribution is -0.115. The predicted octanol–water partition coefficient (Wildman–Crippen LogP) is 1.72. The van der Waals surface area contributed by atoms with E-state index < -0.39 is 0 Å². The average molecular weight is 191 g/mol. The molecular weight excluding hydrogens is 178 g/mol. The second kappa shape index (κ2) is 3.80. The van der Waals surface area contributed by atoms with Crippen molar-refractivity contribution >= 4 is 11.6 Å². The first kappa shape index (κ1) is 9.21. The van der Waals surface area contributed by atoms with E-state index in [2.05, 4.69) is 5.32 Å². The van der Waals surface area contributed by atoms with Crippen LogP contribution in [0.3, 0.4) is 0 Å². The molecule has 1 amide bonds. The molecule has 0 aliphatic carbocycles. The van der Waals surface area contributed by atoms with Crippen LogP contribution in [0.15, 0.2) is 18.2 Å². The maximum atomic E-state index is 11.1. The summed E-state index contributed by atoms with van der Waals surface area (Å²) >= 11 is 0. The fraction of sp³-hybridized carbons (Fsp3) is 0.364. The summed E-state index contributed by atoms with van der Waals surface area (Å²) in [5.41, 5.74) is 3.12. The molecule has 0 fully saturated rings. The molecule has 1 heterocycles. The minimum atomic E-state index is 0.0774. The SMILES string of the molecule is CCOCc1ccc2c(c1)NC(=O)C2. The van der Waals surface area contributed by atoms with Gasteiger partial charge in [0, 0.05) is 12.3 Å². The van der Waals surface area contributed by atoms with E-state index in [9.17, 15) is 4.79 Å². The first-order valence-electron chi connectivity index (χ1n) is 4.79. The van der Waals surface area contributed by atoms with Crippen LogP contribution in [0.25, 0.3) is 0 Å². The van der Waals surface area contributed by atoms with Gasteiger partial charge in [0.25, 0.3) is 0 Å². The molecule has 3 nitrogen and oxygen atoms in total. The molecule has 0 bridgehead atoms. The predicted molar refractivity (Wildman–Crippen MR) is 54.1 cm³/mol. The topological polar surface area (TPSA) is 38.3 Å². The summed E-state index contributed by atoms with van der Waals surface area (Å²) in [5, 5.41) is 2.82. The third-order valence-corrected chi connectivity index (χ3v) is 2.27. The van der Waals surface area contributed by atoms with Gasteiger partial charge in [-0.2, -0.15) is 0 Å². The van der Waals surface area contributed by atoms with Gasteiger partial charge in [-0.1, -0.05) is 12.1 Å². The number of carbonyl (C=O) groups excluding carboxylic acids is 1. The number of carbonyl (C=O) groups is 1. The van der Waals surface area contributed by atoms with Crippen molar-refractivity contribution in [2.24, 2.45) is 0 Å². The Morgan fingerprint density at radius 1 is 1.50 bits per heavy atom. The third-order valence-electron chi connectivity index (χ3n) is 2.27. The van der Waals surface area contributed by atoms with E-state index in [1.165, 1.54) is 0 Å². The normalized spacial score (nSPS) is 13.9. The van der Waals surface area contributed by atoms with E-state index in [-0.39, 0.29) is 5.91 Å². The van der Waals surface area contributed by atoms with Gasteiger partial charge in [0.15, 0.2) is 0 Å². The van der Waals surface area contributed by atoms with Gasteiger partial charge < -0.3 is 10.1 Å². The van der Waals surface area contributed by atoms with Crippen LogP contribution >= 0.6 is 0 Å². The van der Waals surface area contributed by atoms with Crippen molar-refractivity contribution in [1.82, 2.24) is 0 Å². The van der Waals surface area contributed by atoms with Gasteiger partial charge in [-0.3, -0.25) is 4.79 Å². The molecule has 0 unspecified atom stereocenters. The molecule has 3 heteroatoms. The maximum absolute atomic E-state index is 11.1. The first-order chi connectivity index (χ1) is 6.79. The molecule has 0 radical (unpaired) electrons. The van der Waals surface area contributed by atoms with Gasteiger partial charge in [-0.25, -0.2) is 0 Å². The van der Waals surface area contributed by atoms with Crippen LogP contribution in [0.1, 0.15) is 18.1 Å². The highest BCUT2D eigenvalue weighted by Crippen LogP contribution is 2.24. The quantitative estimate of drug-likeness (QED) is 0.790. The van der Waals surface area contributed by atoms with E-state index in [0.29, 0.717) is 19.6 Å². The summed E-state index contributed by atoms with van der Waals surface area (Å²) < 4.78 is 5.29. The molecule has 0 atom stereocenters. The number of nitrogens with one attached hydrogen (secondary N) is 1. The summed E-state index contributed by atoms with van der Waals surface area (Å²) in [6, 6.07) is 5.98. The van der Waals surface area contributed by atoms with Gasteiger partial charge >= 0.3 is 0 Å². The van der Waals surface area contributed by atoms with Crippen LogP contribution in [0.5, 0.6) is 0 Å². The Labute approximate surface area is 83.1 Å². The standard InChI is InChI=1S/C11H13NO2/c1-2-14-7-8-3-4-9-6-11(13)12-10(9)5-8/h3-5H,2,6-7H2,1H3,(H,12,13). The van der Waals surface area contributed by atoms with Crippen LogP contribution in [0.2, 0.25) is 0 Å². The Morgan fingerprint density at radius 3 is 3.14 bits per heavy atom. The third kappa shape index (κ3) is 1.77. The largest absolute Gasteiger partial charge is 0.377 e. The lowest BCUT2D eigenvalue weighted by Gasteiger charge is -2.04. The van der Waals surface area contributed by atoms with Crippen LogP contribution in [-0.2, 0) is 22.6 Å². The van der Waals surface area contributed by atoms with Crippen molar-refractivity contribution in [2.45, 2.75) is 20.0 Å². The molecule has 1 aliphatic heterocycles. The summed E-state index contributed by atoms with van der Waals surface area (Å²) in [6.45, 7) is 3.29. The number of hydrogen-bond acceptors (Lipinski definition) is 2. The second-order valence-electron chi connectivity index (χ2n) is 3.35. The minimum Gasteiger partial charge on any atom is -0.377 e. The van der Waals surface area contributed by atoms with Crippen molar-refractivity contribution in [3.8, 4) is 0 Å². The fourth-order valence-corrected chi connectivity index (χ4v) is 1.57. The Balaban J connectivity index is 2.16. The Bertz CT molecular complexity index is 360. The first-order valence-corrected chi connectivity index (χ1v) is 4.79. The Morgan fingerprint density at radius 2 is 2.36 bits per heavy atom. The molecular formula is C11H13NO2. The van der Waals surface area contributed by atoms with Crippen LogP contribution in [-0.4, -0.2) is 12.5 Å². The highest BCUT2D eigenvalue weighted by molar-refractivity contribution is 5.99. The average Bonchev–Trinajstić information content (AvgIpc) is 2.54. The van der Waals surface area contributed by atoms with Crippen LogP contribution < -0.4 is 5.32 Å². The van der Waals surface area contributed by atoms with Gasteiger partial charge in [0.1, 0.15) is 0 Å². The summed E-state index contributed by atoms with van der Waals surface area (Å²) in [5.74, 6) is 0.0774. The highest BCUT2D eigenvalue weighted by atomic mass is 16.5. The van der Waals surface area contributed by atoms with Crippen LogP contribution in [0, 0.1) is 0 Å². The van der Waals surface area contributed by atoms with Gasteiger partial charge in [-0.15, -0.1) is 0 Å². The van der Waals surface area contributed by atoms with Gasteiger partial charge in [0.2, 0.25) is 5.91 Å². The number of anilines is 1. The molecule has 1 aromatic rings. The number of benzene rings is 1. The van der Waals surface area contributed by atoms with Crippen molar-refractivity contribution in [2.75, 3.05) is 11.9 Å². The van der Waals surface area contributed by atoms with Crippen molar-refractivity contribution < 1.29 is 9.53 Å². The molecule has 74 valence electrons. The molecule has 0 spiro atoms. The number of rotatable bonds is 3. The van der Waals surface area contributed by atoms with E-state index in [4.69, 9.17) is 4.74 Å². The zero-order valence-corrected chi connectivity index (χ0v) is 8.17. The van der Waals surface area contributed by atoms with Gasteiger partial charge in [0.05, 0.1) is 13.0 Å². The maximum Gasteiger partial charge on any atom is 0.228 e. The molecule has 14 heavy (non-hydrogen) atoms. The molecule has 1 aromatic carbocycles. The number of fused-ring (bicyclic) bond motifs is 1. The lowest BCUT2D eigenvalue weighted by atomic mass is 10.1. The van der Waals surface area contributed by atoms with Gasteiger partial charge in [-0.05, 0) is 24.1 Å². The number of hydrogen-bond donors (Lipinski definition) is 1. The zero-order valence-electron chi connectivity index (χ0n) is 8.17. The Kier molecular flexibility index (Phi) is 2.50. The van der Waals surface area contributed by atoms with E-state index in [1.807, 2.05) is 25.1 Å². The van der Waals surface area contributed by atoms with E-state index in [1.54, 1.807) is 0 Å². The number of amides is 1. The van der Waals surface area contributed by atoms with E-state index >= 15 is 0 Å². The van der Waals surface area contributed by atoms with Crippen molar-refractivity contribution in [1.29, 1.82) is 0 Å². The van der Waals surface area contributed by atoms with Crippen LogP contribution in [0.4, 0.5) is 5.69 Å². The molecule has 0 saturated heterocycles. The van der Waals surface area contributed by atoms with Crippen molar-refractivity contribution in [3.63, 3.8) is 0 Å². The van der Waals surface area contributed by atoms with E-state index in [0.717, 1.165) is 16.8 Å². The minimum absolute atomic E-state index is 0.0774. The monoisotopic (exact) mass is 191 g/mol. The molecule has 2 rings (SSSR count). The zero-order chi connectivity index (χ0) is 9.97. The molecule has 1 aliphatic rings. The molecule has 0 aromatic heterocycles. The summed E-state index contributed by atoms with van der Waals surface area (Å²) in [4.78, 5) is 11.1. The second-order valence-corrected chi connectivity index (χ2v) is 3.35. The smallest absolute Gasteiger partial charge is 0.228 e. The lowest BCUT2D eigenvalue weighted by Crippen LogP contribution is -2.03.